The van der Waals surface area contributed by atoms with Gasteiger partial charge in [-0.05, 0) is 13.8 Å². The van der Waals surface area contributed by atoms with Gasteiger partial charge in [0.05, 0.1) is 24.0 Å². The molecule has 0 unspecified atom stereocenters. The van der Waals surface area contributed by atoms with Gasteiger partial charge in [-0.25, -0.2) is 4.98 Å². The van der Waals surface area contributed by atoms with Gasteiger partial charge in [-0.2, -0.15) is 5.26 Å². The quantitative estimate of drug-likeness (QED) is 0.703. The highest BCUT2D eigenvalue weighted by Crippen LogP contribution is 2.17. The number of rotatable bonds is 2. The fourth-order valence-electron chi connectivity index (χ4n) is 2.04. The molecular weight excluding hydrogens is 214 g/mol. The van der Waals surface area contributed by atoms with Crippen molar-refractivity contribution < 1.29 is 0 Å². The number of piperazine rings is 1. The van der Waals surface area contributed by atoms with Crippen molar-refractivity contribution in [3.63, 3.8) is 0 Å². The Bertz CT molecular complexity index is 429. The van der Waals surface area contributed by atoms with Crippen LogP contribution in [0.2, 0.25) is 0 Å². The Balaban J connectivity index is 2.05. The summed E-state index contributed by atoms with van der Waals surface area (Å²) in [4.78, 5) is 13.3. The molecule has 0 aromatic carbocycles. The Morgan fingerprint density at radius 1 is 1.29 bits per heavy atom. The summed E-state index contributed by atoms with van der Waals surface area (Å²) in [7, 11) is 0. The number of nitriles is 1. The molecule has 5 nitrogen and oxygen atoms in total. The van der Waals surface area contributed by atoms with E-state index in [9.17, 15) is 0 Å². The van der Waals surface area contributed by atoms with Crippen LogP contribution >= 0.6 is 0 Å². The van der Waals surface area contributed by atoms with Crippen LogP contribution < -0.4 is 4.90 Å². The average molecular weight is 231 g/mol. The normalized spacial score (nSPS) is 16.9. The largest absolute Gasteiger partial charge is 0.353 e. The lowest BCUT2D eigenvalue weighted by molar-refractivity contribution is 0.286. The number of hydrogen-bond acceptors (Lipinski definition) is 5. The lowest BCUT2D eigenvalue weighted by atomic mass is 10.3. The van der Waals surface area contributed by atoms with E-state index in [4.69, 9.17) is 5.26 Å². The summed E-state index contributed by atoms with van der Waals surface area (Å²) in [6.07, 6.45) is 1.80. The lowest BCUT2D eigenvalue weighted by Gasteiger charge is -2.34. The van der Waals surface area contributed by atoms with Crippen LogP contribution in [0.3, 0.4) is 0 Å². The topological polar surface area (TPSA) is 56.1 Å². The van der Waals surface area contributed by atoms with E-state index in [1.165, 1.54) is 0 Å². The molecule has 1 aliphatic rings. The molecule has 0 spiro atoms. The Kier molecular flexibility index (Phi) is 3.55. The fraction of sp³-hybridized carbons (Fsp3) is 0.583. The zero-order chi connectivity index (χ0) is 12.3. The first kappa shape index (κ1) is 11.8. The van der Waals surface area contributed by atoms with Crippen LogP contribution in [0.15, 0.2) is 6.20 Å². The smallest absolute Gasteiger partial charge is 0.150 e. The summed E-state index contributed by atoms with van der Waals surface area (Å²) >= 11 is 0. The predicted molar refractivity (Wildman–Crippen MR) is 65.8 cm³/mol. The van der Waals surface area contributed by atoms with Crippen molar-refractivity contribution in [3.8, 4) is 6.07 Å². The number of hydrogen-bond donors (Lipinski definition) is 0. The highest BCUT2D eigenvalue weighted by molar-refractivity contribution is 5.43. The molecule has 1 saturated heterocycles. The minimum atomic E-state index is 0.520. The van der Waals surface area contributed by atoms with Gasteiger partial charge < -0.3 is 4.90 Å². The monoisotopic (exact) mass is 231 g/mol. The summed E-state index contributed by atoms with van der Waals surface area (Å²) in [6.45, 7) is 8.14. The van der Waals surface area contributed by atoms with Crippen molar-refractivity contribution in [1.29, 1.82) is 5.26 Å². The third kappa shape index (κ3) is 2.71. The van der Waals surface area contributed by atoms with Crippen LogP contribution in [0, 0.1) is 25.2 Å². The molecule has 0 saturated carbocycles. The molecule has 0 radical (unpaired) electrons. The van der Waals surface area contributed by atoms with E-state index in [2.05, 4.69) is 25.8 Å². The third-order valence-electron chi connectivity index (χ3n) is 3.02. The van der Waals surface area contributed by atoms with Gasteiger partial charge in [0, 0.05) is 32.4 Å². The standard InChI is InChI=1S/C12H17N5/c1-10-9-14-11(2)12(15-10)17-7-5-16(4-3-13)6-8-17/h9H,4-8H2,1-2H3. The van der Waals surface area contributed by atoms with Crippen molar-refractivity contribution in [3.05, 3.63) is 17.6 Å². The summed E-state index contributed by atoms with van der Waals surface area (Å²) in [6, 6.07) is 2.19. The number of anilines is 1. The zero-order valence-electron chi connectivity index (χ0n) is 10.3. The van der Waals surface area contributed by atoms with Gasteiger partial charge >= 0.3 is 0 Å². The summed E-state index contributed by atoms with van der Waals surface area (Å²) in [5, 5.41) is 8.65. The second-order valence-electron chi connectivity index (χ2n) is 4.34. The summed E-state index contributed by atoms with van der Waals surface area (Å²) in [5.74, 6) is 0.988. The van der Waals surface area contributed by atoms with Crippen LogP contribution in [-0.4, -0.2) is 47.6 Å². The Labute approximate surface area is 102 Å². The molecule has 1 aliphatic heterocycles. The minimum absolute atomic E-state index is 0.520. The maximum absolute atomic E-state index is 8.65. The maximum Gasteiger partial charge on any atom is 0.150 e. The lowest BCUT2D eigenvalue weighted by Crippen LogP contribution is -2.47. The van der Waals surface area contributed by atoms with Gasteiger partial charge in [-0.15, -0.1) is 0 Å². The molecule has 2 rings (SSSR count). The van der Waals surface area contributed by atoms with Gasteiger partial charge in [-0.3, -0.25) is 9.88 Å². The van der Waals surface area contributed by atoms with Gasteiger partial charge in [0.25, 0.3) is 0 Å². The van der Waals surface area contributed by atoms with E-state index in [-0.39, 0.29) is 0 Å². The number of aryl methyl sites for hydroxylation is 2. The van der Waals surface area contributed by atoms with Crippen molar-refractivity contribution in [2.75, 3.05) is 37.6 Å². The first-order chi connectivity index (χ1) is 8.20. The number of aromatic nitrogens is 2. The first-order valence-electron chi connectivity index (χ1n) is 5.85. The molecule has 90 valence electrons. The molecule has 5 heteroatoms. The molecule has 2 heterocycles. The highest BCUT2D eigenvalue weighted by atomic mass is 15.3. The Morgan fingerprint density at radius 3 is 2.65 bits per heavy atom. The van der Waals surface area contributed by atoms with Crippen LogP contribution in [-0.2, 0) is 0 Å². The van der Waals surface area contributed by atoms with Crippen LogP contribution in [0.25, 0.3) is 0 Å². The van der Waals surface area contributed by atoms with Crippen molar-refractivity contribution in [1.82, 2.24) is 14.9 Å². The fourth-order valence-corrected chi connectivity index (χ4v) is 2.04. The van der Waals surface area contributed by atoms with E-state index in [0.29, 0.717) is 6.54 Å². The van der Waals surface area contributed by atoms with Crippen LogP contribution in [0.4, 0.5) is 5.82 Å². The molecule has 1 aromatic heterocycles. The molecule has 0 N–H and O–H groups in total. The second-order valence-corrected chi connectivity index (χ2v) is 4.34. The summed E-state index contributed by atoms with van der Waals surface area (Å²) in [5.41, 5.74) is 1.93. The van der Waals surface area contributed by atoms with E-state index in [1.807, 2.05) is 13.8 Å². The van der Waals surface area contributed by atoms with Gasteiger partial charge in [0.2, 0.25) is 0 Å². The third-order valence-corrected chi connectivity index (χ3v) is 3.02. The molecule has 0 atom stereocenters. The molecule has 0 amide bonds. The molecule has 17 heavy (non-hydrogen) atoms. The molecule has 0 bridgehead atoms. The van der Waals surface area contributed by atoms with E-state index in [0.717, 1.165) is 43.4 Å². The van der Waals surface area contributed by atoms with Crippen LogP contribution in [0.5, 0.6) is 0 Å². The van der Waals surface area contributed by atoms with Gasteiger partial charge in [0.1, 0.15) is 5.82 Å². The predicted octanol–water partition coefficient (Wildman–Crippen LogP) is 0.739. The molecule has 1 aromatic rings. The Hall–Kier alpha value is -1.67. The molecule has 1 fully saturated rings. The zero-order valence-corrected chi connectivity index (χ0v) is 10.3. The van der Waals surface area contributed by atoms with Crippen LogP contribution in [0.1, 0.15) is 11.4 Å². The van der Waals surface area contributed by atoms with Crippen molar-refractivity contribution >= 4 is 5.82 Å². The van der Waals surface area contributed by atoms with Gasteiger partial charge in [0.15, 0.2) is 0 Å². The van der Waals surface area contributed by atoms with Crippen molar-refractivity contribution in [2.24, 2.45) is 0 Å². The Morgan fingerprint density at radius 2 is 2.00 bits per heavy atom. The van der Waals surface area contributed by atoms with E-state index in [1.54, 1.807) is 6.20 Å². The molecule has 0 aliphatic carbocycles. The first-order valence-corrected chi connectivity index (χ1v) is 5.85. The van der Waals surface area contributed by atoms with Gasteiger partial charge in [-0.1, -0.05) is 0 Å². The summed E-state index contributed by atoms with van der Waals surface area (Å²) < 4.78 is 0. The van der Waals surface area contributed by atoms with Crippen molar-refractivity contribution in [2.45, 2.75) is 13.8 Å². The highest BCUT2D eigenvalue weighted by Gasteiger charge is 2.19. The average Bonchev–Trinajstić information content (AvgIpc) is 2.34. The maximum atomic E-state index is 8.65. The molecular formula is C12H17N5. The van der Waals surface area contributed by atoms with E-state index < -0.39 is 0 Å². The minimum Gasteiger partial charge on any atom is -0.353 e. The number of nitrogens with zero attached hydrogens (tertiary/aromatic N) is 5. The SMILES string of the molecule is Cc1cnc(C)c(N2CCN(CC#N)CC2)n1. The van der Waals surface area contributed by atoms with E-state index >= 15 is 0 Å². The second kappa shape index (κ2) is 5.11.